The van der Waals surface area contributed by atoms with E-state index in [1.54, 1.807) is 0 Å². The molecule has 2 aromatic rings. The standard InChI is InChI=1S/C14H16O2/c1-10-5-4-8-14(10,15)13-9-11-6-2-3-7-12(11)16-13/h2-3,6-7,9-10,15H,4-5,8H2,1H3. The summed E-state index contributed by atoms with van der Waals surface area (Å²) >= 11 is 0. The highest BCUT2D eigenvalue weighted by Gasteiger charge is 2.42. The van der Waals surface area contributed by atoms with Gasteiger partial charge in [0.25, 0.3) is 0 Å². The second kappa shape index (κ2) is 3.36. The smallest absolute Gasteiger partial charge is 0.137 e. The van der Waals surface area contributed by atoms with Crippen molar-refractivity contribution in [2.75, 3.05) is 0 Å². The quantitative estimate of drug-likeness (QED) is 0.792. The van der Waals surface area contributed by atoms with Gasteiger partial charge in [-0.15, -0.1) is 0 Å². The first-order valence-corrected chi connectivity index (χ1v) is 5.91. The summed E-state index contributed by atoms with van der Waals surface area (Å²) in [4.78, 5) is 0. The summed E-state index contributed by atoms with van der Waals surface area (Å²) in [5.74, 6) is 1.02. The van der Waals surface area contributed by atoms with Crippen LogP contribution in [0.15, 0.2) is 34.7 Å². The zero-order valence-electron chi connectivity index (χ0n) is 9.44. The molecule has 0 saturated heterocycles. The minimum atomic E-state index is -0.751. The monoisotopic (exact) mass is 216 g/mol. The summed E-state index contributed by atoms with van der Waals surface area (Å²) < 4.78 is 5.78. The summed E-state index contributed by atoms with van der Waals surface area (Å²) in [5, 5.41) is 11.7. The number of hydrogen-bond acceptors (Lipinski definition) is 2. The maximum absolute atomic E-state index is 10.6. The Morgan fingerprint density at radius 1 is 1.38 bits per heavy atom. The van der Waals surface area contributed by atoms with Crippen molar-refractivity contribution in [2.24, 2.45) is 5.92 Å². The fourth-order valence-electron chi connectivity index (χ4n) is 2.72. The van der Waals surface area contributed by atoms with Gasteiger partial charge in [-0.3, -0.25) is 0 Å². The predicted molar refractivity (Wildman–Crippen MR) is 63.1 cm³/mol. The van der Waals surface area contributed by atoms with E-state index in [2.05, 4.69) is 6.92 Å². The number of hydrogen-bond donors (Lipinski definition) is 1. The van der Waals surface area contributed by atoms with Gasteiger partial charge < -0.3 is 9.52 Å². The Balaban J connectivity index is 2.12. The van der Waals surface area contributed by atoms with Crippen LogP contribution in [-0.2, 0) is 5.60 Å². The van der Waals surface area contributed by atoms with Gasteiger partial charge in [0.15, 0.2) is 0 Å². The normalized spacial score (nSPS) is 30.0. The molecule has 1 aliphatic rings. The van der Waals surface area contributed by atoms with Crippen LogP contribution in [0.4, 0.5) is 0 Å². The Morgan fingerprint density at radius 2 is 2.19 bits per heavy atom. The Hall–Kier alpha value is -1.28. The zero-order valence-corrected chi connectivity index (χ0v) is 9.44. The molecular weight excluding hydrogens is 200 g/mol. The number of fused-ring (bicyclic) bond motifs is 1. The molecule has 16 heavy (non-hydrogen) atoms. The molecule has 84 valence electrons. The van der Waals surface area contributed by atoms with Crippen LogP contribution in [0.2, 0.25) is 0 Å². The maximum atomic E-state index is 10.6. The van der Waals surface area contributed by atoms with E-state index in [1.165, 1.54) is 0 Å². The summed E-state index contributed by atoms with van der Waals surface area (Å²) in [7, 11) is 0. The Kier molecular flexibility index (Phi) is 2.08. The highest BCUT2D eigenvalue weighted by Crippen LogP contribution is 2.44. The van der Waals surface area contributed by atoms with E-state index in [9.17, 15) is 5.11 Å². The van der Waals surface area contributed by atoms with Crippen LogP contribution in [0.1, 0.15) is 31.9 Å². The molecule has 1 aromatic carbocycles. The largest absolute Gasteiger partial charge is 0.458 e. The molecule has 2 nitrogen and oxygen atoms in total. The summed E-state index contributed by atoms with van der Waals surface area (Å²) in [5.41, 5.74) is 0.115. The van der Waals surface area contributed by atoms with Crippen molar-refractivity contribution >= 4 is 11.0 Å². The van der Waals surface area contributed by atoms with Crippen LogP contribution < -0.4 is 0 Å². The van der Waals surface area contributed by atoms with E-state index < -0.39 is 5.60 Å². The summed E-state index contributed by atoms with van der Waals surface area (Å²) in [6.07, 6.45) is 2.97. The van der Waals surface area contributed by atoms with Crippen molar-refractivity contribution < 1.29 is 9.52 Å². The molecule has 0 aliphatic heterocycles. The molecule has 3 rings (SSSR count). The second-order valence-corrected chi connectivity index (χ2v) is 4.87. The molecule has 2 heteroatoms. The highest BCUT2D eigenvalue weighted by molar-refractivity contribution is 5.77. The van der Waals surface area contributed by atoms with Gasteiger partial charge in [0.1, 0.15) is 16.9 Å². The SMILES string of the molecule is CC1CCCC1(O)c1cc2ccccc2o1. The third-order valence-corrected chi connectivity index (χ3v) is 3.86. The van der Waals surface area contributed by atoms with Crippen LogP contribution in [0, 0.1) is 5.92 Å². The van der Waals surface area contributed by atoms with Crippen LogP contribution in [0.3, 0.4) is 0 Å². The van der Waals surface area contributed by atoms with Crippen molar-refractivity contribution in [3.63, 3.8) is 0 Å². The van der Waals surface area contributed by atoms with Gasteiger partial charge in [-0.1, -0.05) is 25.1 Å². The van der Waals surface area contributed by atoms with Crippen LogP contribution in [0.5, 0.6) is 0 Å². The molecule has 1 saturated carbocycles. The lowest BCUT2D eigenvalue weighted by atomic mass is 9.90. The molecule has 0 spiro atoms. The minimum Gasteiger partial charge on any atom is -0.458 e. The predicted octanol–water partition coefficient (Wildman–Crippen LogP) is 3.44. The van der Waals surface area contributed by atoms with Crippen molar-refractivity contribution in [3.05, 3.63) is 36.1 Å². The lowest BCUT2D eigenvalue weighted by Crippen LogP contribution is -2.27. The number of furan rings is 1. The van der Waals surface area contributed by atoms with E-state index in [4.69, 9.17) is 4.42 Å². The fourth-order valence-corrected chi connectivity index (χ4v) is 2.72. The molecule has 1 aliphatic carbocycles. The second-order valence-electron chi connectivity index (χ2n) is 4.87. The fraction of sp³-hybridized carbons (Fsp3) is 0.429. The minimum absolute atomic E-state index is 0.285. The van der Waals surface area contributed by atoms with Crippen molar-refractivity contribution in [1.82, 2.24) is 0 Å². The van der Waals surface area contributed by atoms with Gasteiger partial charge in [-0.25, -0.2) is 0 Å². The molecule has 2 atom stereocenters. The maximum Gasteiger partial charge on any atom is 0.137 e. The lowest BCUT2D eigenvalue weighted by molar-refractivity contribution is -0.0143. The molecule has 1 heterocycles. The van der Waals surface area contributed by atoms with E-state index >= 15 is 0 Å². The van der Waals surface area contributed by atoms with E-state index in [-0.39, 0.29) is 5.92 Å². The number of rotatable bonds is 1. The van der Waals surface area contributed by atoms with Gasteiger partial charge in [0, 0.05) is 5.39 Å². The first kappa shape index (κ1) is 9.91. The third-order valence-electron chi connectivity index (χ3n) is 3.86. The molecular formula is C14H16O2. The highest BCUT2D eigenvalue weighted by atomic mass is 16.4. The van der Waals surface area contributed by atoms with E-state index in [0.29, 0.717) is 0 Å². The molecule has 1 N–H and O–H groups in total. The average Bonchev–Trinajstić information content (AvgIpc) is 2.84. The molecule has 1 aromatic heterocycles. The average molecular weight is 216 g/mol. The zero-order chi connectivity index (χ0) is 11.2. The van der Waals surface area contributed by atoms with Gasteiger partial charge in [-0.2, -0.15) is 0 Å². The summed E-state index contributed by atoms with van der Waals surface area (Å²) in [6, 6.07) is 9.89. The third kappa shape index (κ3) is 1.30. The first-order chi connectivity index (χ1) is 7.70. The van der Waals surface area contributed by atoms with Crippen LogP contribution in [-0.4, -0.2) is 5.11 Å². The number of para-hydroxylation sites is 1. The molecule has 0 radical (unpaired) electrons. The number of aliphatic hydroxyl groups is 1. The van der Waals surface area contributed by atoms with Gasteiger partial charge in [0.05, 0.1) is 0 Å². The Labute approximate surface area is 94.9 Å². The lowest BCUT2D eigenvalue weighted by Gasteiger charge is -2.24. The first-order valence-electron chi connectivity index (χ1n) is 5.91. The Bertz CT molecular complexity index is 481. The van der Waals surface area contributed by atoms with Crippen LogP contribution in [0.25, 0.3) is 11.0 Å². The van der Waals surface area contributed by atoms with Gasteiger partial charge >= 0.3 is 0 Å². The van der Waals surface area contributed by atoms with Crippen molar-refractivity contribution in [1.29, 1.82) is 0 Å². The molecule has 0 bridgehead atoms. The van der Waals surface area contributed by atoms with Gasteiger partial charge in [0.2, 0.25) is 0 Å². The van der Waals surface area contributed by atoms with Crippen LogP contribution >= 0.6 is 0 Å². The molecule has 1 fully saturated rings. The molecule has 2 unspecified atom stereocenters. The number of benzene rings is 1. The topological polar surface area (TPSA) is 33.4 Å². The van der Waals surface area contributed by atoms with Crippen molar-refractivity contribution in [2.45, 2.75) is 31.8 Å². The summed E-state index contributed by atoms with van der Waals surface area (Å²) in [6.45, 7) is 2.10. The van der Waals surface area contributed by atoms with Gasteiger partial charge in [-0.05, 0) is 37.3 Å². The van der Waals surface area contributed by atoms with Crippen molar-refractivity contribution in [3.8, 4) is 0 Å². The van der Waals surface area contributed by atoms with E-state index in [0.717, 1.165) is 36.0 Å². The van der Waals surface area contributed by atoms with E-state index in [1.807, 2.05) is 30.3 Å². The molecule has 0 amide bonds. The Morgan fingerprint density at radius 3 is 2.88 bits per heavy atom.